The minimum absolute atomic E-state index is 0.852. The predicted octanol–water partition coefficient (Wildman–Crippen LogP) is 3.96. The molecule has 19 heavy (non-hydrogen) atoms. The van der Waals surface area contributed by atoms with E-state index in [0.717, 1.165) is 11.3 Å². The van der Waals surface area contributed by atoms with E-state index in [-0.39, 0.29) is 0 Å². The van der Waals surface area contributed by atoms with E-state index in [1.54, 1.807) is 6.26 Å². The average molecular weight is 258 g/mol. The molecule has 0 bridgehead atoms. The van der Waals surface area contributed by atoms with Crippen LogP contribution in [0.3, 0.4) is 0 Å². The molecule has 2 rings (SSSR count). The molecule has 4 nitrogen and oxygen atoms in total. The highest BCUT2D eigenvalue weighted by Crippen LogP contribution is 2.09. The van der Waals surface area contributed by atoms with Gasteiger partial charge >= 0.3 is 6.16 Å². The molecular weight excluding hydrogens is 244 g/mol. The number of para-hydroxylation sites is 1. The Morgan fingerprint density at radius 3 is 1.89 bits per heavy atom. The lowest BCUT2D eigenvalue weighted by molar-refractivity contribution is 0.137. The summed E-state index contributed by atoms with van der Waals surface area (Å²) in [6.45, 7) is 0. The van der Waals surface area contributed by atoms with Crippen molar-refractivity contribution in [3.05, 3.63) is 72.5 Å². The zero-order valence-electron chi connectivity index (χ0n) is 10.1. The van der Waals surface area contributed by atoms with E-state index in [1.165, 1.54) is 0 Å². The summed E-state index contributed by atoms with van der Waals surface area (Å²) in [5.41, 5.74) is 1.13. The van der Waals surface area contributed by atoms with E-state index < -0.39 is 6.16 Å². The van der Waals surface area contributed by atoms with Crippen molar-refractivity contribution in [3.8, 4) is 5.75 Å². The van der Waals surface area contributed by atoms with Crippen LogP contribution in [0, 0.1) is 0 Å². The molecule has 0 saturated carbocycles. The van der Waals surface area contributed by atoms with Crippen molar-refractivity contribution in [2.45, 2.75) is 0 Å². The van der Waals surface area contributed by atoms with Crippen LogP contribution in [-0.2, 0) is 0 Å². The van der Waals surface area contributed by atoms with E-state index in [0.29, 0.717) is 0 Å². The van der Waals surface area contributed by atoms with Crippen LogP contribution in [0.2, 0.25) is 0 Å². The standard InChI is InChI=1S/C14H12O.CH2O3/c1-3-7-13(8-4-1)11-12-15-14-9-5-2-6-10-14;2-1(3)4/h1-12H;(H2,2,3,4). The molecule has 0 saturated heterocycles. The van der Waals surface area contributed by atoms with E-state index >= 15 is 0 Å². The molecule has 0 atom stereocenters. The molecule has 0 radical (unpaired) electrons. The Hall–Kier alpha value is -2.75. The van der Waals surface area contributed by atoms with Crippen LogP contribution in [0.5, 0.6) is 5.75 Å². The Balaban J connectivity index is 0.000000399. The van der Waals surface area contributed by atoms with Crippen molar-refractivity contribution in [2.75, 3.05) is 0 Å². The molecule has 0 spiro atoms. The average Bonchev–Trinajstić information content (AvgIpc) is 2.41. The zero-order valence-corrected chi connectivity index (χ0v) is 10.1. The lowest BCUT2D eigenvalue weighted by atomic mass is 10.2. The highest BCUT2D eigenvalue weighted by atomic mass is 16.6. The summed E-state index contributed by atoms with van der Waals surface area (Å²) in [6.07, 6.45) is 1.80. The van der Waals surface area contributed by atoms with Gasteiger partial charge in [0.25, 0.3) is 0 Å². The quantitative estimate of drug-likeness (QED) is 0.818. The number of hydrogen-bond acceptors (Lipinski definition) is 2. The molecule has 98 valence electrons. The first-order valence-corrected chi connectivity index (χ1v) is 5.53. The molecule has 0 amide bonds. The maximum Gasteiger partial charge on any atom is 0.503 e. The highest BCUT2D eigenvalue weighted by Gasteiger charge is 1.86. The molecule has 2 aromatic carbocycles. The maximum atomic E-state index is 8.56. The largest absolute Gasteiger partial charge is 0.503 e. The molecule has 2 N–H and O–H groups in total. The summed E-state index contributed by atoms with van der Waals surface area (Å²) >= 11 is 0. The third-order valence-electron chi connectivity index (χ3n) is 2.01. The molecule has 0 heterocycles. The Bertz CT molecular complexity index is 502. The Labute approximate surface area is 111 Å². The topological polar surface area (TPSA) is 66.8 Å². The Kier molecular flexibility index (Phi) is 6.29. The van der Waals surface area contributed by atoms with Crippen LogP contribution in [0.1, 0.15) is 5.56 Å². The molecule has 2 aromatic rings. The van der Waals surface area contributed by atoms with Gasteiger partial charge in [0.15, 0.2) is 0 Å². The fraction of sp³-hybridized carbons (Fsp3) is 0. The molecule has 0 aromatic heterocycles. The van der Waals surface area contributed by atoms with Gasteiger partial charge in [-0.2, -0.15) is 0 Å². The first-order chi connectivity index (χ1) is 9.18. The second kappa shape index (κ2) is 8.36. The number of rotatable bonds is 3. The van der Waals surface area contributed by atoms with Crippen molar-refractivity contribution >= 4 is 12.2 Å². The van der Waals surface area contributed by atoms with Crippen molar-refractivity contribution in [1.29, 1.82) is 0 Å². The van der Waals surface area contributed by atoms with Gasteiger partial charge in [0.1, 0.15) is 5.75 Å². The first kappa shape index (κ1) is 14.3. The molecule has 0 fully saturated rings. The van der Waals surface area contributed by atoms with Crippen LogP contribution in [-0.4, -0.2) is 16.4 Å². The predicted molar refractivity (Wildman–Crippen MR) is 73.2 cm³/mol. The van der Waals surface area contributed by atoms with Crippen LogP contribution < -0.4 is 4.74 Å². The summed E-state index contributed by atoms with van der Waals surface area (Å²) < 4.78 is 5.43. The van der Waals surface area contributed by atoms with E-state index in [1.807, 2.05) is 66.7 Å². The SMILES string of the molecule is C(=Cc1ccccc1)Oc1ccccc1.O=C(O)O. The van der Waals surface area contributed by atoms with Crippen LogP contribution in [0.25, 0.3) is 6.08 Å². The van der Waals surface area contributed by atoms with Gasteiger partial charge in [0, 0.05) is 0 Å². The second-order valence-electron chi connectivity index (χ2n) is 3.43. The van der Waals surface area contributed by atoms with Crippen LogP contribution in [0.15, 0.2) is 66.9 Å². The molecule has 0 aliphatic heterocycles. The lowest BCUT2D eigenvalue weighted by Crippen LogP contribution is -1.81. The number of hydrogen-bond donors (Lipinski definition) is 2. The fourth-order valence-electron chi connectivity index (χ4n) is 1.25. The minimum Gasteiger partial charge on any atom is -0.465 e. The number of carbonyl (C=O) groups is 1. The van der Waals surface area contributed by atoms with Gasteiger partial charge in [0.2, 0.25) is 0 Å². The number of carboxylic acid groups (broad SMARTS) is 2. The summed E-state index contributed by atoms with van der Waals surface area (Å²) in [4.78, 5) is 8.56. The monoisotopic (exact) mass is 258 g/mol. The van der Waals surface area contributed by atoms with Crippen molar-refractivity contribution in [2.24, 2.45) is 0 Å². The third-order valence-corrected chi connectivity index (χ3v) is 2.01. The summed E-state index contributed by atoms with van der Waals surface area (Å²) in [6, 6.07) is 19.8. The van der Waals surface area contributed by atoms with Crippen LogP contribution in [0.4, 0.5) is 4.79 Å². The normalized spacial score (nSPS) is 9.47. The molecule has 0 aliphatic rings. The van der Waals surface area contributed by atoms with E-state index in [2.05, 4.69) is 0 Å². The van der Waals surface area contributed by atoms with Gasteiger partial charge in [-0.05, 0) is 23.8 Å². The van der Waals surface area contributed by atoms with E-state index in [9.17, 15) is 0 Å². The van der Waals surface area contributed by atoms with Gasteiger partial charge in [-0.15, -0.1) is 0 Å². The summed E-state index contributed by atoms with van der Waals surface area (Å²) in [7, 11) is 0. The van der Waals surface area contributed by atoms with Gasteiger partial charge in [0.05, 0.1) is 6.26 Å². The highest BCUT2D eigenvalue weighted by molar-refractivity contribution is 5.53. The van der Waals surface area contributed by atoms with Gasteiger partial charge in [-0.1, -0.05) is 48.5 Å². The molecule has 0 unspecified atom stereocenters. The van der Waals surface area contributed by atoms with Crippen LogP contribution >= 0.6 is 0 Å². The van der Waals surface area contributed by atoms with Crippen molar-refractivity contribution in [1.82, 2.24) is 0 Å². The first-order valence-electron chi connectivity index (χ1n) is 5.53. The Morgan fingerprint density at radius 2 is 1.37 bits per heavy atom. The van der Waals surface area contributed by atoms with Gasteiger partial charge in [-0.3, -0.25) is 0 Å². The molecular formula is C15H14O4. The number of ether oxygens (including phenoxy) is 1. The van der Waals surface area contributed by atoms with Gasteiger partial charge in [-0.25, -0.2) is 4.79 Å². The van der Waals surface area contributed by atoms with E-state index in [4.69, 9.17) is 19.7 Å². The van der Waals surface area contributed by atoms with Crippen molar-refractivity contribution in [3.63, 3.8) is 0 Å². The second-order valence-corrected chi connectivity index (χ2v) is 3.43. The fourth-order valence-corrected chi connectivity index (χ4v) is 1.25. The maximum absolute atomic E-state index is 8.56. The smallest absolute Gasteiger partial charge is 0.465 e. The minimum atomic E-state index is -1.83. The third kappa shape index (κ3) is 7.23. The Morgan fingerprint density at radius 1 is 0.895 bits per heavy atom. The summed E-state index contributed by atoms with van der Waals surface area (Å²) in [5, 5.41) is 13.9. The summed E-state index contributed by atoms with van der Waals surface area (Å²) in [5.74, 6) is 0.852. The zero-order chi connectivity index (χ0) is 13.9. The number of benzene rings is 2. The van der Waals surface area contributed by atoms with Gasteiger partial charge < -0.3 is 14.9 Å². The lowest BCUT2D eigenvalue weighted by Gasteiger charge is -1.98. The van der Waals surface area contributed by atoms with Crippen molar-refractivity contribution < 1.29 is 19.7 Å². The molecule has 4 heteroatoms. The molecule has 0 aliphatic carbocycles.